The number of hydrogen-bond donors (Lipinski definition) is 1. The molecule has 1 heterocycles. The van der Waals surface area contributed by atoms with E-state index >= 15 is 0 Å². The fraction of sp³-hybridized carbons (Fsp3) is 0.438. The van der Waals surface area contributed by atoms with Crippen molar-refractivity contribution < 1.29 is 9.32 Å². The summed E-state index contributed by atoms with van der Waals surface area (Å²) in [6.07, 6.45) is 5.54. The van der Waals surface area contributed by atoms with Gasteiger partial charge in [0.1, 0.15) is 0 Å². The number of carbonyl (C=O) groups excluding carboxylic acids is 1. The largest absolute Gasteiger partial charge is 0.339 e. The number of aromatic nitrogens is 2. The first-order chi connectivity index (χ1) is 10.2. The van der Waals surface area contributed by atoms with Gasteiger partial charge in [-0.05, 0) is 25.0 Å². The molecule has 0 aliphatic heterocycles. The quantitative estimate of drug-likeness (QED) is 0.936. The third-order valence-electron chi connectivity index (χ3n) is 3.89. The van der Waals surface area contributed by atoms with Gasteiger partial charge in [0, 0.05) is 24.1 Å². The summed E-state index contributed by atoms with van der Waals surface area (Å²) in [7, 11) is 0. The number of rotatable bonds is 3. The Morgan fingerprint density at radius 2 is 2.10 bits per heavy atom. The van der Waals surface area contributed by atoms with Crippen molar-refractivity contribution in [3.63, 3.8) is 0 Å². The normalized spacial score (nSPS) is 15.9. The van der Waals surface area contributed by atoms with Crippen LogP contribution in [0.2, 0.25) is 0 Å². The highest BCUT2D eigenvalue weighted by Crippen LogP contribution is 2.26. The third kappa shape index (κ3) is 3.29. The Hall–Kier alpha value is -2.17. The second kappa shape index (κ2) is 6.08. The Morgan fingerprint density at radius 3 is 2.81 bits per heavy atom. The molecule has 0 radical (unpaired) electrons. The summed E-state index contributed by atoms with van der Waals surface area (Å²) in [5.41, 5.74) is 1.62. The number of amides is 1. The van der Waals surface area contributed by atoms with Crippen molar-refractivity contribution in [2.24, 2.45) is 5.92 Å². The van der Waals surface area contributed by atoms with Gasteiger partial charge < -0.3 is 9.84 Å². The Labute approximate surface area is 123 Å². The fourth-order valence-electron chi connectivity index (χ4n) is 2.76. The molecule has 1 saturated carbocycles. The van der Waals surface area contributed by atoms with Crippen LogP contribution in [0.15, 0.2) is 28.8 Å². The lowest BCUT2D eigenvalue weighted by atomic mass is 9.88. The third-order valence-corrected chi connectivity index (χ3v) is 3.89. The van der Waals surface area contributed by atoms with Crippen LogP contribution >= 0.6 is 0 Å². The van der Waals surface area contributed by atoms with E-state index in [4.69, 9.17) is 4.52 Å². The SMILES string of the molecule is Cc1nc(-c2cccc(NC(=O)C3CCCCC3)c2)no1. The van der Waals surface area contributed by atoms with Gasteiger partial charge in [0.25, 0.3) is 0 Å². The molecule has 1 aromatic heterocycles. The van der Waals surface area contributed by atoms with Gasteiger partial charge in [0.15, 0.2) is 0 Å². The zero-order valence-electron chi connectivity index (χ0n) is 12.1. The summed E-state index contributed by atoms with van der Waals surface area (Å²) in [6.45, 7) is 1.76. The molecular weight excluding hydrogens is 266 g/mol. The van der Waals surface area contributed by atoms with Gasteiger partial charge in [-0.3, -0.25) is 4.79 Å². The second-order valence-corrected chi connectivity index (χ2v) is 5.54. The van der Waals surface area contributed by atoms with Crippen LogP contribution in [0.25, 0.3) is 11.4 Å². The van der Waals surface area contributed by atoms with Crippen molar-refractivity contribution in [3.8, 4) is 11.4 Å². The van der Waals surface area contributed by atoms with E-state index in [2.05, 4.69) is 15.5 Å². The van der Waals surface area contributed by atoms with Crippen LogP contribution in [0.5, 0.6) is 0 Å². The number of aryl methyl sites for hydroxylation is 1. The molecule has 1 N–H and O–H groups in total. The maximum atomic E-state index is 12.3. The van der Waals surface area contributed by atoms with Crippen LogP contribution in [0, 0.1) is 12.8 Å². The first kappa shape index (κ1) is 13.8. The minimum atomic E-state index is 0.121. The van der Waals surface area contributed by atoms with E-state index in [1.165, 1.54) is 6.42 Å². The fourth-order valence-corrected chi connectivity index (χ4v) is 2.76. The van der Waals surface area contributed by atoms with Crippen LogP contribution in [-0.2, 0) is 4.79 Å². The number of carbonyl (C=O) groups is 1. The molecule has 3 rings (SSSR count). The van der Waals surface area contributed by atoms with E-state index in [-0.39, 0.29) is 11.8 Å². The Bertz CT molecular complexity index is 630. The highest BCUT2D eigenvalue weighted by Gasteiger charge is 2.21. The van der Waals surface area contributed by atoms with Crippen molar-refractivity contribution >= 4 is 11.6 Å². The number of hydrogen-bond acceptors (Lipinski definition) is 4. The van der Waals surface area contributed by atoms with E-state index in [1.54, 1.807) is 6.92 Å². The average Bonchev–Trinajstić information content (AvgIpc) is 2.95. The number of nitrogens with one attached hydrogen (secondary N) is 1. The van der Waals surface area contributed by atoms with Crippen LogP contribution in [0.1, 0.15) is 38.0 Å². The van der Waals surface area contributed by atoms with E-state index in [0.29, 0.717) is 11.7 Å². The molecule has 110 valence electrons. The zero-order chi connectivity index (χ0) is 14.7. The van der Waals surface area contributed by atoms with Crippen molar-refractivity contribution in [1.82, 2.24) is 10.1 Å². The molecule has 0 saturated heterocycles. The van der Waals surface area contributed by atoms with Gasteiger partial charge in [0.2, 0.25) is 17.6 Å². The molecule has 5 nitrogen and oxygen atoms in total. The van der Waals surface area contributed by atoms with E-state index in [0.717, 1.165) is 36.9 Å². The molecule has 1 amide bonds. The number of anilines is 1. The lowest BCUT2D eigenvalue weighted by Crippen LogP contribution is -2.24. The smallest absolute Gasteiger partial charge is 0.227 e. The van der Waals surface area contributed by atoms with Crippen molar-refractivity contribution in [2.45, 2.75) is 39.0 Å². The Kier molecular flexibility index (Phi) is 3.99. The summed E-state index contributed by atoms with van der Waals surface area (Å²) in [6, 6.07) is 7.56. The second-order valence-electron chi connectivity index (χ2n) is 5.54. The summed E-state index contributed by atoms with van der Waals surface area (Å²) < 4.78 is 4.99. The van der Waals surface area contributed by atoms with E-state index in [1.807, 2.05) is 24.3 Å². The van der Waals surface area contributed by atoms with Gasteiger partial charge in [-0.15, -0.1) is 0 Å². The molecule has 1 fully saturated rings. The van der Waals surface area contributed by atoms with Crippen LogP contribution in [0.4, 0.5) is 5.69 Å². The average molecular weight is 285 g/mol. The molecule has 0 unspecified atom stereocenters. The monoisotopic (exact) mass is 285 g/mol. The van der Waals surface area contributed by atoms with Gasteiger partial charge >= 0.3 is 0 Å². The van der Waals surface area contributed by atoms with Gasteiger partial charge in [-0.1, -0.05) is 36.6 Å². The Balaban J connectivity index is 1.72. The summed E-state index contributed by atoms with van der Waals surface area (Å²) in [4.78, 5) is 16.5. The van der Waals surface area contributed by atoms with Crippen LogP contribution < -0.4 is 5.32 Å². The van der Waals surface area contributed by atoms with Crippen LogP contribution in [0.3, 0.4) is 0 Å². The molecule has 0 atom stereocenters. The van der Waals surface area contributed by atoms with Crippen molar-refractivity contribution in [2.75, 3.05) is 5.32 Å². The molecule has 1 aromatic carbocycles. The molecule has 1 aliphatic carbocycles. The number of benzene rings is 1. The standard InChI is InChI=1S/C16H19N3O2/c1-11-17-15(19-21-11)13-8-5-9-14(10-13)18-16(20)12-6-3-2-4-7-12/h5,8-10,12H,2-4,6-7H2,1H3,(H,18,20). The maximum Gasteiger partial charge on any atom is 0.227 e. The van der Waals surface area contributed by atoms with Gasteiger partial charge in [-0.2, -0.15) is 4.98 Å². The van der Waals surface area contributed by atoms with Crippen molar-refractivity contribution in [3.05, 3.63) is 30.2 Å². The molecular formula is C16H19N3O2. The first-order valence-electron chi connectivity index (χ1n) is 7.44. The highest BCUT2D eigenvalue weighted by atomic mass is 16.5. The predicted molar refractivity (Wildman–Crippen MR) is 79.7 cm³/mol. The highest BCUT2D eigenvalue weighted by molar-refractivity contribution is 5.93. The molecule has 1 aliphatic rings. The summed E-state index contributed by atoms with van der Waals surface area (Å²) in [5.74, 6) is 1.34. The van der Waals surface area contributed by atoms with E-state index < -0.39 is 0 Å². The lowest BCUT2D eigenvalue weighted by Gasteiger charge is -2.20. The minimum absolute atomic E-state index is 0.121. The molecule has 21 heavy (non-hydrogen) atoms. The topological polar surface area (TPSA) is 68.0 Å². The first-order valence-corrected chi connectivity index (χ1v) is 7.44. The Morgan fingerprint density at radius 1 is 1.29 bits per heavy atom. The predicted octanol–water partition coefficient (Wildman–Crippen LogP) is 3.56. The minimum Gasteiger partial charge on any atom is -0.339 e. The lowest BCUT2D eigenvalue weighted by molar-refractivity contribution is -0.120. The van der Waals surface area contributed by atoms with Crippen molar-refractivity contribution in [1.29, 1.82) is 0 Å². The molecule has 5 heteroatoms. The molecule has 0 spiro atoms. The molecule has 0 bridgehead atoms. The zero-order valence-corrected chi connectivity index (χ0v) is 12.1. The van der Waals surface area contributed by atoms with Gasteiger partial charge in [0.05, 0.1) is 0 Å². The summed E-state index contributed by atoms with van der Waals surface area (Å²) in [5, 5.41) is 6.90. The molecule has 2 aromatic rings. The van der Waals surface area contributed by atoms with E-state index in [9.17, 15) is 4.79 Å². The summed E-state index contributed by atoms with van der Waals surface area (Å²) >= 11 is 0. The van der Waals surface area contributed by atoms with Gasteiger partial charge in [-0.25, -0.2) is 0 Å². The maximum absolute atomic E-state index is 12.3. The number of nitrogens with zero attached hydrogens (tertiary/aromatic N) is 2. The van der Waals surface area contributed by atoms with Crippen LogP contribution in [-0.4, -0.2) is 16.0 Å².